The lowest BCUT2D eigenvalue weighted by atomic mass is 9.71. The van der Waals surface area contributed by atoms with Gasteiger partial charge in [-0.3, -0.25) is 0 Å². The van der Waals surface area contributed by atoms with Crippen molar-refractivity contribution in [2.45, 2.75) is 60.8 Å². The first kappa shape index (κ1) is 15.6. The molecule has 1 N–H and O–H groups in total. The van der Waals surface area contributed by atoms with Crippen LogP contribution in [-0.2, 0) is 14.6 Å². The maximum atomic E-state index is 12.5. The van der Waals surface area contributed by atoms with Gasteiger partial charge in [0.25, 0.3) is 0 Å². The lowest BCUT2D eigenvalue weighted by Crippen LogP contribution is -2.54. The van der Waals surface area contributed by atoms with Gasteiger partial charge < -0.3 is 10.1 Å². The topological polar surface area (TPSA) is 55.4 Å². The predicted molar refractivity (Wildman–Crippen MR) is 89.1 cm³/mol. The van der Waals surface area contributed by atoms with E-state index in [1.54, 1.807) is 24.3 Å². The molecule has 23 heavy (non-hydrogen) atoms. The van der Waals surface area contributed by atoms with Crippen molar-refractivity contribution in [1.29, 1.82) is 0 Å². The van der Waals surface area contributed by atoms with Crippen molar-refractivity contribution in [2.24, 2.45) is 5.41 Å². The van der Waals surface area contributed by atoms with Crippen molar-refractivity contribution in [2.75, 3.05) is 13.2 Å². The number of rotatable bonds is 4. The molecule has 3 fully saturated rings. The highest BCUT2D eigenvalue weighted by Gasteiger charge is 2.44. The Morgan fingerprint density at radius 3 is 2.22 bits per heavy atom. The molecular formula is C18H25NO3S. The molecule has 0 unspecified atom stereocenters. The van der Waals surface area contributed by atoms with Gasteiger partial charge in [-0.15, -0.1) is 0 Å². The Hall–Kier alpha value is -0.910. The van der Waals surface area contributed by atoms with E-state index in [9.17, 15) is 8.42 Å². The highest BCUT2D eigenvalue weighted by atomic mass is 32.2. The summed E-state index contributed by atoms with van der Waals surface area (Å²) >= 11 is 0. The molecule has 0 aromatic heterocycles. The monoisotopic (exact) mass is 335 g/mol. The highest BCUT2D eigenvalue weighted by molar-refractivity contribution is 7.92. The maximum absolute atomic E-state index is 12.5. The Labute approximate surface area is 138 Å². The molecule has 5 heteroatoms. The van der Waals surface area contributed by atoms with Gasteiger partial charge in [0.15, 0.2) is 9.84 Å². The SMILES string of the molecule is O=S(=O)(c1ccccc1)C1CC(NC2CCC3(CC2)COC3)C1. The molecule has 0 bridgehead atoms. The van der Waals surface area contributed by atoms with Gasteiger partial charge in [-0.1, -0.05) is 18.2 Å². The van der Waals surface area contributed by atoms with Gasteiger partial charge in [0, 0.05) is 17.5 Å². The Morgan fingerprint density at radius 2 is 1.65 bits per heavy atom. The van der Waals surface area contributed by atoms with Gasteiger partial charge >= 0.3 is 0 Å². The molecule has 0 atom stereocenters. The summed E-state index contributed by atoms with van der Waals surface area (Å²) in [6.07, 6.45) is 6.42. The van der Waals surface area contributed by atoms with E-state index in [1.807, 2.05) is 6.07 Å². The fourth-order valence-corrected chi connectivity index (χ4v) is 6.06. The first-order valence-electron chi connectivity index (χ1n) is 8.70. The fourth-order valence-electron chi connectivity index (χ4n) is 4.17. The number of benzene rings is 1. The van der Waals surface area contributed by atoms with Crippen molar-refractivity contribution in [3.05, 3.63) is 30.3 Å². The van der Waals surface area contributed by atoms with Crippen LogP contribution in [-0.4, -0.2) is 39.0 Å². The molecule has 1 heterocycles. The molecule has 4 nitrogen and oxygen atoms in total. The van der Waals surface area contributed by atoms with Crippen molar-refractivity contribution < 1.29 is 13.2 Å². The number of nitrogens with one attached hydrogen (secondary N) is 1. The Morgan fingerprint density at radius 1 is 1.00 bits per heavy atom. The summed E-state index contributed by atoms with van der Waals surface area (Å²) in [5, 5.41) is 3.48. The minimum atomic E-state index is -3.15. The van der Waals surface area contributed by atoms with Crippen LogP contribution in [0.5, 0.6) is 0 Å². The van der Waals surface area contributed by atoms with Crippen LogP contribution in [0.1, 0.15) is 38.5 Å². The van der Waals surface area contributed by atoms with Crippen LogP contribution >= 0.6 is 0 Å². The van der Waals surface area contributed by atoms with Gasteiger partial charge in [-0.25, -0.2) is 8.42 Å². The van der Waals surface area contributed by atoms with Gasteiger partial charge in [0.1, 0.15) is 0 Å². The van der Waals surface area contributed by atoms with Crippen LogP contribution in [0.3, 0.4) is 0 Å². The van der Waals surface area contributed by atoms with Crippen LogP contribution in [0.25, 0.3) is 0 Å². The summed E-state index contributed by atoms with van der Waals surface area (Å²) in [6, 6.07) is 9.79. The summed E-state index contributed by atoms with van der Waals surface area (Å²) in [7, 11) is -3.15. The number of ether oxygens (including phenoxy) is 1. The minimum absolute atomic E-state index is 0.211. The highest BCUT2D eigenvalue weighted by Crippen LogP contribution is 2.43. The van der Waals surface area contributed by atoms with E-state index < -0.39 is 9.84 Å². The zero-order valence-corrected chi connectivity index (χ0v) is 14.2. The van der Waals surface area contributed by atoms with Crippen LogP contribution < -0.4 is 5.32 Å². The predicted octanol–water partition coefficient (Wildman–Crippen LogP) is 2.54. The van der Waals surface area contributed by atoms with Crippen LogP contribution in [0.15, 0.2) is 35.2 Å². The maximum Gasteiger partial charge on any atom is 0.181 e. The normalized spacial score (nSPS) is 30.6. The molecule has 1 saturated heterocycles. The Kier molecular flexibility index (Phi) is 3.98. The lowest BCUT2D eigenvalue weighted by Gasteiger charge is -2.47. The molecule has 2 saturated carbocycles. The van der Waals surface area contributed by atoms with Crippen molar-refractivity contribution in [1.82, 2.24) is 5.32 Å². The summed E-state index contributed by atoms with van der Waals surface area (Å²) in [4.78, 5) is 0.466. The molecule has 2 aliphatic carbocycles. The number of hydrogen-bond acceptors (Lipinski definition) is 4. The van der Waals surface area contributed by atoms with E-state index >= 15 is 0 Å². The molecular weight excluding hydrogens is 310 g/mol. The van der Waals surface area contributed by atoms with E-state index in [2.05, 4.69) is 5.32 Å². The molecule has 1 spiro atoms. The first-order chi connectivity index (χ1) is 11.1. The molecule has 0 radical (unpaired) electrons. The molecule has 1 aliphatic heterocycles. The van der Waals surface area contributed by atoms with E-state index in [4.69, 9.17) is 4.74 Å². The van der Waals surface area contributed by atoms with Crippen molar-refractivity contribution >= 4 is 9.84 Å². The second kappa shape index (κ2) is 5.87. The summed E-state index contributed by atoms with van der Waals surface area (Å²) < 4.78 is 30.5. The van der Waals surface area contributed by atoms with Crippen LogP contribution in [0.2, 0.25) is 0 Å². The third-order valence-corrected chi connectivity index (χ3v) is 8.13. The van der Waals surface area contributed by atoms with Gasteiger partial charge in [0.05, 0.1) is 23.4 Å². The molecule has 4 rings (SSSR count). The zero-order valence-electron chi connectivity index (χ0n) is 13.4. The van der Waals surface area contributed by atoms with Crippen LogP contribution in [0, 0.1) is 5.41 Å². The Balaban J connectivity index is 1.27. The third-order valence-electron chi connectivity index (χ3n) is 5.94. The Bertz CT molecular complexity index is 638. The fraction of sp³-hybridized carbons (Fsp3) is 0.667. The van der Waals surface area contributed by atoms with E-state index in [1.165, 1.54) is 25.7 Å². The quantitative estimate of drug-likeness (QED) is 0.919. The van der Waals surface area contributed by atoms with Crippen molar-refractivity contribution in [3.8, 4) is 0 Å². The van der Waals surface area contributed by atoms with E-state index in [-0.39, 0.29) is 5.25 Å². The zero-order chi connectivity index (χ0) is 15.9. The molecule has 3 aliphatic rings. The summed E-state index contributed by atoms with van der Waals surface area (Å²) in [5.41, 5.74) is 0.483. The van der Waals surface area contributed by atoms with Gasteiger partial charge in [-0.05, 0) is 50.7 Å². The minimum Gasteiger partial charge on any atom is -0.380 e. The number of sulfone groups is 1. The van der Waals surface area contributed by atoms with Crippen molar-refractivity contribution in [3.63, 3.8) is 0 Å². The van der Waals surface area contributed by atoms with Crippen LogP contribution in [0.4, 0.5) is 0 Å². The van der Waals surface area contributed by atoms with E-state index in [0.717, 1.165) is 26.1 Å². The van der Waals surface area contributed by atoms with Gasteiger partial charge in [0.2, 0.25) is 0 Å². The summed E-state index contributed by atoms with van der Waals surface area (Å²) in [5.74, 6) is 0. The average Bonchev–Trinajstić information content (AvgIpc) is 2.50. The second-order valence-electron chi connectivity index (χ2n) is 7.58. The van der Waals surface area contributed by atoms with Gasteiger partial charge in [-0.2, -0.15) is 0 Å². The average molecular weight is 335 g/mol. The number of hydrogen-bond donors (Lipinski definition) is 1. The first-order valence-corrected chi connectivity index (χ1v) is 10.2. The lowest BCUT2D eigenvalue weighted by molar-refractivity contribution is -0.134. The largest absolute Gasteiger partial charge is 0.380 e. The molecule has 1 aromatic rings. The molecule has 1 aromatic carbocycles. The smallest absolute Gasteiger partial charge is 0.181 e. The third kappa shape index (κ3) is 2.94. The van der Waals surface area contributed by atoms with E-state index in [0.29, 0.717) is 22.4 Å². The summed E-state index contributed by atoms with van der Waals surface area (Å²) in [6.45, 7) is 1.89. The molecule has 126 valence electrons. The molecule has 0 amide bonds. The second-order valence-corrected chi connectivity index (χ2v) is 9.81. The standard InChI is InChI=1S/C18H25NO3S/c20-23(21,16-4-2-1-3-5-16)17-10-15(11-17)19-14-6-8-18(9-7-14)12-22-13-18/h1-5,14-15,17,19H,6-13H2.